The zero-order valence-electron chi connectivity index (χ0n) is 11.0. The first-order valence-corrected chi connectivity index (χ1v) is 6.55. The number of benzene rings is 2. The van der Waals surface area contributed by atoms with Crippen LogP contribution in [0.5, 0.6) is 0 Å². The molecule has 1 N–H and O–H groups in total. The van der Waals surface area contributed by atoms with Crippen molar-refractivity contribution in [1.29, 1.82) is 0 Å². The Morgan fingerprint density at radius 2 is 1.75 bits per heavy atom. The zero-order valence-corrected chi connectivity index (χ0v) is 11.0. The van der Waals surface area contributed by atoms with E-state index < -0.39 is 17.5 Å². The molecule has 4 heteroatoms. The molecular formula is C16H14F3N. The van der Waals surface area contributed by atoms with Gasteiger partial charge in [-0.3, -0.25) is 0 Å². The Labute approximate surface area is 115 Å². The van der Waals surface area contributed by atoms with E-state index in [1.54, 1.807) is 6.07 Å². The van der Waals surface area contributed by atoms with Crippen molar-refractivity contribution in [2.24, 2.45) is 0 Å². The third kappa shape index (κ3) is 2.00. The van der Waals surface area contributed by atoms with Gasteiger partial charge in [0.2, 0.25) is 0 Å². The van der Waals surface area contributed by atoms with E-state index in [0.717, 1.165) is 30.0 Å². The fourth-order valence-electron chi connectivity index (χ4n) is 2.94. The molecule has 0 fully saturated rings. The molecule has 1 aliphatic rings. The highest BCUT2D eigenvalue weighted by atomic mass is 19.2. The number of hydrogen-bond donors (Lipinski definition) is 1. The minimum atomic E-state index is -1.16. The van der Waals surface area contributed by atoms with Gasteiger partial charge in [0, 0.05) is 17.7 Å². The van der Waals surface area contributed by atoms with Crippen molar-refractivity contribution < 1.29 is 13.2 Å². The molecule has 0 radical (unpaired) electrons. The van der Waals surface area contributed by atoms with Crippen molar-refractivity contribution >= 4 is 0 Å². The van der Waals surface area contributed by atoms with Crippen molar-refractivity contribution in [2.45, 2.75) is 18.9 Å². The molecule has 3 rings (SSSR count). The molecule has 0 saturated carbocycles. The summed E-state index contributed by atoms with van der Waals surface area (Å²) in [5.41, 5.74) is 2.89. The predicted octanol–water partition coefficient (Wildman–Crippen LogP) is 3.98. The number of halogens is 3. The molecule has 0 aliphatic heterocycles. The summed E-state index contributed by atoms with van der Waals surface area (Å²) in [5, 5.41) is 3.21. The number of rotatable bonds is 2. The fraction of sp³-hybridized carbons (Fsp3) is 0.250. The van der Waals surface area contributed by atoms with Gasteiger partial charge >= 0.3 is 0 Å². The van der Waals surface area contributed by atoms with Gasteiger partial charge < -0.3 is 5.32 Å². The van der Waals surface area contributed by atoms with Crippen LogP contribution in [-0.4, -0.2) is 7.05 Å². The van der Waals surface area contributed by atoms with Crippen LogP contribution in [-0.2, 0) is 6.42 Å². The molecule has 0 bridgehead atoms. The number of nitrogens with one attached hydrogen (secondary N) is 1. The lowest BCUT2D eigenvalue weighted by molar-refractivity contribution is 0.496. The monoisotopic (exact) mass is 277 g/mol. The van der Waals surface area contributed by atoms with Gasteiger partial charge in [0.05, 0.1) is 0 Å². The molecule has 20 heavy (non-hydrogen) atoms. The van der Waals surface area contributed by atoms with E-state index in [0.29, 0.717) is 11.6 Å². The second kappa shape index (κ2) is 4.94. The lowest BCUT2D eigenvalue weighted by Crippen LogP contribution is -2.12. The van der Waals surface area contributed by atoms with E-state index in [1.165, 1.54) is 0 Å². The third-order valence-electron chi connectivity index (χ3n) is 3.92. The maximum absolute atomic E-state index is 13.9. The Morgan fingerprint density at radius 1 is 1.00 bits per heavy atom. The Kier molecular flexibility index (Phi) is 3.26. The smallest absolute Gasteiger partial charge is 0.161 e. The van der Waals surface area contributed by atoms with Gasteiger partial charge in [0.25, 0.3) is 0 Å². The first-order valence-electron chi connectivity index (χ1n) is 6.55. The largest absolute Gasteiger partial charge is 0.313 e. The molecule has 0 saturated heterocycles. The SMILES string of the molecule is CNC1CCc2c(-c3cc(F)c(F)cc3F)cccc21. The zero-order chi connectivity index (χ0) is 14.3. The average Bonchev–Trinajstić information content (AvgIpc) is 2.86. The Bertz CT molecular complexity index is 667. The maximum Gasteiger partial charge on any atom is 0.161 e. The highest BCUT2D eigenvalue weighted by Crippen LogP contribution is 2.38. The van der Waals surface area contributed by atoms with E-state index in [4.69, 9.17) is 0 Å². The molecule has 1 nitrogen and oxygen atoms in total. The Morgan fingerprint density at radius 3 is 2.50 bits per heavy atom. The van der Waals surface area contributed by atoms with Crippen LogP contribution in [0.4, 0.5) is 13.2 Å². The molecule has 1 aliphatic carbocycles. The van der Waals surface area contributed by atoms with Gasteiger partial charge in [-0.05, 0) is 42.6 Å². The summed E-state index contributed by atoms with van der Waals surface area (Å²) < 4.78 is 40.4. The topological polar surface area (TPSA) is 12.0 Å². The minimum Gasteiger partial charge on any atom is -0.313 e. The van der Waals surface area contributed by atoms with Gasteiger partial charge in [-0.25, -0.2) is 13.2 Å². The summed E-state index contributed by atoms with van der Waals surface area (Å²) in [7, 11) is 1.88. The lowest BCUT2D eigenvalue weighted by Gasteiger charge is -2.13. The van der Waals surface area contributed by atoms with Gasteiger partial charge in [-0.2, -0.15) is 0 Å². The van der Waals surface area contributed by atoms with Gasteiger partial charge in [-0.15, -0.1) is 0 Å². The van der Waals surface area contributed by atoms with Crippen LogP contribution in [0, 0.1) is 17.5 Å². The molecule has 1 atom stereocenters. The highest BCUT2D eigenvalue weighted by molar-refractivity contribution is 5.70. The van der Waals surface area contributed by atoms with Crippen molar-refractivity contribution in [3.05, 3.63) is 58.9 Å². The second-order valence-corrected chi connectivity index (χ2v) is 5.00. The van der Waals surface area contributed by atoms with E-state index >= 15 is 0 Å². The lowest BCUT2D eigenvalue weighted by atomic mass is 9.96. The fourth-order valence-corrected chi connectivity index (χ4v) is 2.94. The van der Waals surface area contributed by atoms with E-state index in [2.05, 4.69) is 5.32 Å². The van der Waals surface area contributed by atoms with Crippen molar-refractivity contribution in [2.75, 3.05) is 7.05 Å². The number of fused-ring (bicyclic) bond motifs is 1. The summed E-state index contributed by atoms with van der Waals surface area (Å²) >= 11 is 0. The molecule has 0 heterocycles. The molecule has 104 valence electrons. The summed E-state index contributed by atoms with van der Waals surface area (Å²) in [4.78, 5) is 0. The summed E-state index contributed by atoms with van der Waals surface area (Å²) in [6.45, 7) is 0. The van der Waals surface area contributed by atoms with E-state index in [-0.39, 0.29) is 11.6 Å². The standard InChI is InChI=1S/C16H14F3N/c1-20-16-6-5-10-9(3-2-4-11(10)16)12-7-14(18)15(19)8-13(12)17/h2-4,7-8,16,20H,5-6H2,1H3. The molecule has 0 aromatic heterocycles. The molecular weight excluding hydrogens is 263 g/mol. The summed E-state index contributed by atoms with van der Waals surface area (Å²) in [5.74, 6) is -2.92. The maximum atomic E-state index is 13.9. The van der Waals surface area contributed by atoms with Crippen LogP contribution in [0.15, 0.2) is 30.3 Å². The molecule has 0 spiro atoms. The van der Waals surface area contributed by atoms with Crippen molar-refractivity contribution in [1.82, 2.24) is 5.32 Å². The van der Waals surface area contributed by atoms with Crippen LogP contribution < -0.4 is 5.32 Å². The average molecular weight is 277 g/mol. The Balaban J connectivity index is 2.17. The van der Waals surface area contributed by atoms with Crippen LogP contribution in [0.25, 0.3) is 11.1 Å². The second-order valence-electron chi connectivity index (χ2n) is 5.00. The van der Waals surface area contributed by atoms with Gasteiger partial charge in [0.15, 0.2) is 11.6 Å². The molecule has 0 amide bonds. The van der Waals surface area contributed by atoms with Gasteiger partial charge in [0.1, 0.15) is 5.82 Å². The van der Waals surface area contributed by atoms with Crippen LogP contribution >= 0.6 is 0 Å². The first-order chi connectivity index (χ1) is 9.61. The molecule has 2 aromatic carbocycles. The van der Waals surface area contributed by atoms with Gasteiger partial charge in [-0.1, -0.05) is 18.2 Å². The van der Waals surface area contributed by atoms with Crippen molar-refractivity contribution in [3.63, 3.8) is 0 Å². The van der Waals surface area contributed by atoms with Crippen LogP contribution in [0.1, 0.15) is 23.6 Å². The normalized spacial score (nSPS) is 17.3. The molecule has 2 aromatic rings. The highest BCUT2D eigenvalue weighted by Gasteiger charge is 2.25. The van der Waals surface area contributed by atoms with E-state index in [1.807, 2.05) is 19.2 Å². The summed E-state index contributed by atoms with van der Waals surface area (Å²) in [6, 6.07) is 7.35. The minimum absolute atomic E-state index is 0.123. The van der Waals surface area contributed by atoms with Crippen molar-refractivity contribution in [3.8, 4) is 11.1 Å². The quantitative estimate of drug-likeness (QED) is 0.819. The van der Waals surface area contributed by atoms with Crippen LogP contribution in [0.2, 0.25) is 0 Å². The Hall–Kier alpha value is -1.81. The third-order valence-corrected chi connectivity index (χ3v) is 3.92. The van der Waals surface area contributed by atoms with Crippen LogP contribution in [0.3, 0.4) is 0 Å². The summed E-state index contributed by atoms with van der Waals surface area (Å²) in [6.07, 6.45) is 1.73. The number of hydrogen-bond acceptors (Lipinski definition) is 1. The van der Waals surface area contributed by atoms with E-state index in [9.17, 15) is 13.2 Å². The first kappa shape index (κ1) is 13.2. The molecule has 1 unspecified atom stereocenters. The predicted molar refractivity (Wildman–Crippen MR) is 71.9 cm³/mol.